The van der Waals surface area contributed by atoms with Crippen LogP contribution in [0.15, 0.2) is 71.1 Å². The van der Waals surface area contributed by atoms with Crippen molar-refractivity contribution in [3.63, 3.8) is 0 Å². The van der Waals surface area contributed by atoms with E-state index in [-0.39, 0.29) is 58.6 Å². The van der Waals surface area contributed by atoms with Gasteiger partial charge in [-0.3, -0.25) is 4.90 Å². The summed E-state index contributed by atoms with van der Waals surface area (Å²) in [6.45, 7) is 8.19. The quantitative estimate of drug-likeness (QED) is 0.103. The van der Waals surface area contributed by atoms with Gasteiger partial charge in [0, 0.05) is 31.6 Å². The topological polar surface area (TPSA) is 106 Å². The second kappa shape index (κ2) is 15.6. The predicted octanol–water partition coefficient (Wildman–Crippen LogP) is 10.4. The molecule has 6 aromatic rings. The first-order chi connectivity index (χ1) is 28.5. The van der Waals surface area contributed by atoms with E-state index in [0.717, 1.165) is 17.2 Å². The van der Waals surface area contributed by atoms with Gasteiger partial charge in [-0.15, -0.1) is 0 Å². The number of aromatic nitrogens is 3. The van der Waals surface area contributed by atoms with Crippen LogP contribution in [0.3, 0.4) is 0 Å². The van der Waals surface area contributed by atoms with Crippen molar-refractivity contribution in [3.8, 4) is 22.8 Å². The van der Waals surface area contributed by atoms with Gasteiger partial charge in [0.25, 0.3) is 0 Å². The molecule has 0 aliphatic carbocycles. The minimum Gasteiger partial charge on any atom is -0.497 e. The fraction of sp³-hybridized carbons (Fsp3) is 0.364. The maximum Gasteiger partial charge on any atom is 0.418 e. The highest BCUT2D eigenvalue weighted by Crippen LogP contribution is 2.47. The van der Waals surface area contributed by atoms with Gasteiger partial charge >= 0.3 is 12.3 Å². The van der Waals surface area contributed by atoms with Gasteiger partial charge in [-0.25, -0.2) is 19.2 Å². The molecule has 2 atom stereocenters. The number of benzene rings is 3. The van der Waals surface area contributed by atoms with Crippen LogP contribution in [0.2, 0.25) is 5.28 Å². The van der Waals surface area contributed by atoms with Gasteiger partial charge in [0.1, 0.15) is 45.6 Å². The number of pyridine rings is 1. The van der Waals surface area contributed by atoms with Crippen LogP contribution in [-0.4, -0.2) is 70.9 Å². The second-order valence-corrected chi connectivity index (χ2v) is 16.5. The van der Waals surface area contributed by atoms with Gasteiger partial charge < -0.3 is 28.4 Å². The molecule has 2 aliphatic rings. The third-order valence-electron chi connectivity index (χ3n) is 10.8. The molecule has 3 aromatic carbocycles. The standard InChI is InChI=1S/C44H43ClF4N6O5/c1-24-19-31-34-38(51-41(45)52-40(34)54-22-27-11-12-28(23-54)55(27)42(56)60-43(2,3)4)36(46)35(39(31)59-24)37-32(44(47,48)49)17-18-33(50-37)53(20-25-7-13-29(57-5)14-8-25)21-26-9-15-30(58-6)16-10-26/h7-10,13-19,27-28H,11-12,20-23H2,1-6H3/t27-,28+. The summed E-state index contributed by atoms with van der Waals surface area (Å²) < 4.78 is 85.2. The van der Waals surface area contributed by atoms with Crippen LogP contribution in [0.5, 0.6) is 11.5 Å². The summed E-state index contributed by atoms with van der Waals surface area (Å²) in [5.74, 6) is 0.939. The zero-order chi connectivity index (χ0) is 42.7. The Labute approximate surface area is 348 Å². The van der Waals surface area contributed by atoms with Crippen LogP contribution in [0.4, 0.5) is 34.0 Å². The van der Waals surface area contributed by atoms with E-state index < -0.39 is 40.5 Å². The number of aryl methyl sites for hydroxylation is 1. The van der Waals surface area contributed by atoms with E-state index >= 15 is 17.6 Å². The van der Waals surface area contributed by atoms with Gasteiger partial charge in [0.05, 0.1) is 48.5 Å². The Balaban J connectivity index is 1.27. The van der Waals surface area contributed by atoms with Crippen molar-refractivity contribution in [1.82, 2.24) is 19.9 Å². The van der Waals surface area contributed by atoms with Crippen molar-refractivity contribution in [2.75, 3.05) is 37.1 Å². The van der Waals surface area contributed by atoms with Crippen molar-refractivity contribution in [2.24, 2.45) is 0 Å². The Morgan fingerprint density at radius 3 is 2.00 bits per heavy atom. The number of rotatable bonds is 9. The first kappa shape index (κ1) is 40.9. The number of halogens is 5. The molecular formula is C44H43ClF4N6O5. The summed E-state index contributed by atoms with van der Waals surface area (Å²) in [6.07, 6.45) is -3.92. The van der Waals surface area contributed by atoms with Crippen molar-refractivity contribution < 1.29 is 41.0 Å². The molecule has 1 amide bonds. The number of nitrogens with zero attached hydrogens (tertiary/aromatic N) is 6. The maximum absolute atomic E-state index is 17.5. The molecule has 0 N–H and O–H groups in total. The summed E-state index contributed by atoms with van der Waals surface area (Å²) in [5, 5.41) is 0.218. The number of methoxy groups -OCH3 is 2. The number of ether oxygens (including phenoxy) is 3. The van der Waals surface area contributed by atoms with Crippen LogP contribution >= 0.6 is 11.6 Å². The summed E-state index contributed by atoms with van der Waals surface area (Å²) >= 11 is 6.53. The minimum atomic E-state index is -4.94. The Bertz CT molecular complexity index is 2520. The Kier molecular flexibility index (Phi) is 10.7. The molecule has 60 heavy (non-hydrogen) atoms. The van der Waals surface area contributed by atoms with Crippen LogP contribution in [-0.2, 0) is 24.0 Å². The Hall–Kier alpha value is -5.83. The molecule has 16 heteroatoms. The lowest BCUT2D eigenvalue weighted by atomic mass is 9.98. The van der Waals surface area contributed by atoms with E-state index in [2.05, 4.69) is 15.0 Å². The van der Waals surface area contributed by atoms with E-state index in [0.29, 0.717) is 48.6 Å². The lowest BCUT2D eigenvalue weighted by Gasteiger charge is -2.42. The molecule has 0 radical (unpaired) electrons. The van der Waals surface area contributed by atoms with E-state index in [9.17, 15) is 4.79 Å². The molecule has 2 fully saturated rings. The number of anilines is 2. The highest BCUT2D eigenvalue weighted by molar-refractivity contribution is 6.29. The number of fused-ring (bicyclic) bond motifs is 5. The predicted molar refractivity (Wildman–Crippen MR) is 220 cm³/mol. The highest BCUT2D eigenvalue weighted by Gasteiger charge is 2.45. The Morgan fingerprint density at radius 1 is 0.883 bits per heavy atom. The van der Waals surface area contributed by atoms with Crippen molar-refractivity contribution >= 4 is 51.2 Å². The number of piperazine rings is 1. The van der Waals surface area contributed by atoms with Crippen LogP contribution < -0.4 is 19.3 Å². The number of hydrogen-bond donors (Lipinski definition) is 0. The molecule has 0 spiro atoms. The lowest BCUT2D eigenvalue weighted by Crippen LogP contribution is -2.57. The fourth-order valence-corrected chi connectivity index (χ4v) is 8.39. The smallest absolute Gasteiger partial charge is 0.418 e. The fourth-order valence-electron chi connectivity index (χ4n) is 8.23. The van der Waals surface area contributed by atoms with E-state index in [1.807, 2.05) is 49.9 Å². The lowest BCUT2D eigenvalue weighted by molar-refractivity contribution is -0.137. The first-order valence-corrected chi connectivity index (χ1v) is 19.8. The summed E-state index contributed by atoms with van der Waals surface area (Å²) in [4.78, 5) is 32.2. The normalized spacial score (nSPS) is 16.8. The average Bonchev–Trinajstić information content (AvgIpc) is 3.71. The zero-order valence-electron chi connectivity index (χ0n) is 33.9. The maximum atomic E-state index is 17.5. The van der Waals surface area contributed by atoms with E-state index in [4.69, 9.17) is 30.2 Å². The average molecular weight is 847 g/mol. The number of hydrogen-bond acceptors (Lipinski definition) is 10. The number of amides is 1. The number of alkyl halides is 3. The molecule has 2 aliphatic heterocycles. The molecule has 314 valence electrons. The third-order valence-corrected chi connectivity index (χ3v) is 11.0. The van der Waals surface area contributed by atoms with Crippen LogP contribution in [0, 0.1) is 12.7 Å². The molecule has 3 aromatic heterocycles. The molecule has 11 nitrogen and oxygen atoms in total. The molecule has 2 saturated heterocycles. The van der Waals surface area contributed by atoms with Gasteiger partial charge in [0.2, 0.25) is 5.28 Å². The second-order valence-electron chi connectivity index (χ2n) is 16.1. The minimum absolute atomic E-state index is 0.146. The SMILES string of the molecule is COc1ccc(CN(Cc2ccc(OC)cc2)c2ccc(C(F)(F)F)c(-c3c(F)c4nc(Cl)nc(N5C[C@H]6CC[C@@H](C5)N6C(=O)OC(C)(C)C)c4c4cc(C)oc34)n2)cc1. The molecule has 5 heterocycles. The van der Waals surface area contributed by atoms with Crippen molar-refractivity contribution in [1.29, 1.82) is 0 Å². The molecule has 2 bridgehead atoms. The van der Waals surface area contributed by atoms with Gasteiger partial charge in [0.15, 0.2) is 5.82 Å². The zero-order valence-corrected chi connectivity index (χ0v) is 34.6. The molecule has 8 rings (SSSR count). The van der Waals surface area contributed by atoms with E-state index in [1.54, 1.807) is 61.3 Å². The monoisotopic (exact) mass is 846 g/mol. The van der Waals surface area contributed by atoms with Gasteiger partial charge in [-0.1, -0.05) is 24.3 Å². The molecule has 0 saturated carbocycles. The van der Waals surface area contributed by atoms with Crippen molar-refractivity contribution in [2.45, 2.75) is 77.5 Å². The van der Waals surface area contributed by atoms with Gasteiger partial charge in [-0.05, 0) is 106 Å². The molecular weight excluding hydrogens is 804 g/mol. The van der Waals surface area contributed by atoms with Gasteiger partial charge in [-0.2, -0.15) is 18.2 Å². The van der Waals surface area contributed by atoms with Crippen LogP contribution in [0.25, 0.3) is 33.1 Å². The largest absolute Gasteiger partial charge is 0.497 e. The summed E-state index contributed by atoms with van der Waals surface area (Å²) in [7, 11) is 3.11. The molecule has 0 unspecified atom stereocenters. The highest BCUT2D eigenvalue weighted by atomic mass is 35.5. The van der Waals surface area contributed by atoms with Crippen molar-refractivity contribution in [3.05, 3.63) is 100 Å². The Morgan fingerprint density at radius 2 is 1.47 bits per heavy atom. The van der Waals surface area contributed by atoms with E-state index in [1.165, 1.54) is 6.07 Å². The van der Waals surface area contributed by atoms with Crippen LogP contribution in [0.1, 0.15) is 56.1 Å². The number of carbonyl (C=O) groups excluding carboxylic acids is 1. The summed E-state index contributed by atoms with van der Waals surface area (Å²) in [5.41, 5.74) is -1.81. The number of furan rings is 1. The first-order valence-electron chi connectivity index (χ1n) is 19.5. The third kappa shape index (κ3) is 7.94. The summed E-state index contributed by atoms with van der Waals surface area (Å²) in [6, 6.07) is 18.0. The number of carbonyl (C=O) groups is 1.